The van der Waals surface area contributed by atoms with Crippen LogP contribution in [0.1, 0.15) is 33.6 Å². The second-order valence-corrected chi connectivity index (χ2v) is 4.99. The van der Waals surface area contributed by atoms with Crippen molar-refractivity contribution < 1.29 is 18.3 Å². The van der Waals surface area contributed by atoms with Crippen LogP contribution in [-0.4, -0.2) is 31.6 Å². The number of hydrogen-bond donors (Lipinski definition) is 3. The molecule has 0 radical (unpaired) electrons. The van der Waals surface area contributed by atoms with Crippen LogP contribution in [0.4, 0.5) is 0 Å². The summed E-state index contributed by atoms with van der Waals surface area (Å²) < 4.78 is 27.0. The number of hydrogen-bond acceptors (Lipinski definition) is 3. The van der Waals surface area contributed by atoms with Crippen LogP contribution in [0.5, 0.6) is 0 Å². The van der Waals surface area contributed by atoms with Crippen molar-refractivity contribution in [1.82, 2.24) is 9.44 Å². The van der Waals surface area contributed by atoms with Crippen molar-refractivity contribution in [2.45, 2.75) is 39.2 Å². The lowest BCUT2D eigenvalue weighted by Gasteiger charge is -2.25. The summed E-state index contributed by atoms with van der Waals surface area (Å²) in [6.45, 7) is 4.99. The molecule has 6 nitrogen and oxygen atoms in total. The highest BCUT2D eigenvalue weighted by Crippen LogP contribution is 2.13. The molecule has 1 unspecified atom stereocenters. The van der Waals surface area contributed by atoms with Crippen LogP contribution < -0.4 is 9.44 Å². The molecule has 0 rings (SSSR count). The molecule has 0 fully saturated rings. The van der Waals surface area contributed by atoms with Gasteiger partial charge in [-0.05, 0) is 13.3 Å². The minimum Gasteiger partial charge on any atom is -0.480 e. The van der Waals surface area contributed by atoms with E-state index < -0.39 is 21.7 Å². The molecule has 15 heavy (non-hydrogen) atoms. The second-order valence-electron chi connectivity index (χ2n) is 3.49. The Labute approximate surface area is 90.2 Å². The minimum atomic E-state index is -3.74. The van der Waals surface area contributed by atoms with Gasteiger partial charge in [0.2, 0.25) is 0 Å². The predicted molar refractivity (Wildman–Crippen MR) is 56.7 cm³/mol. The third-order valence-corrected chi connectivity index (χ3v) is 3.30. The van der Waals surface area contributed by atoms with Crippen LogP contribution >= 0.6 is 0 Å². The number of aliphatic carboxylic acids is 1. The monoisotopic (exact) mass is 238 g/mol. The van der Waals surface area contributed by atoms with Crippen molar-refractivity contribution in [2.24, 2.45) is 0 Å². The molecule has 0 amide bonds. The van der Waals surface area contributed by atoms with Gasteiger partial charge in [-0.25, -0.2) is 4.72 Å². The molecule has 0 aromatic carbocycles. The summed E-state index contributed by atoms with van der Waals surface area (Å²) in [6, 6.07) is 0. The topological polar surface area (TPSA) is 95.5 Å². The highest BCUT2D eigenvalue weighted by Gasteiger charge is 2.36. The van der Waals surface area contributed by atoms with Crippen molar-refractivity contribution in [3.63, 3.8) is 0 Å². The summed E-state index contributed by atoms with van der Waals surface area (Å²) in [7, 11) is -3.74. The van der Waals surface area contributed by atoms with Gasteiger partial charge in [-0.15, -0.1) is 0 Å². The molecule has 0 aliphatic rings. The Morgan fingerprint density at radius 3 is 2.27 bits per heavy atom. The van der Waals surface area contributed by atoms with Crippen LogP contribution in [0.2, 0.25) is 0 Å². The first-order valence-electron chi connectivity index (χ1n) is 4.79. The Hall–Kier alpha value is -0.660. The Morgan fingerprint density at radius 1 is 1.40 bits per heavy atom. The van der Waals surface area contributed by atoms with Gasteiger partial charge in [0.15, 0.2) is 0 Å². The second kappa shape index (κ2) is 5.43. The van der Waals surface area contributed by atoms with Crippen LogP contribution in [0.25, 0.3) is 0 Å². The van der Waals surface area contributed by atoms with Crippen molar-refractivity contribution >= 4 is 16.2 Å². The molecule has 1 atom stereocenters. The summed E-state index contributed by atoms with van der Waals surface area (Å²) >= 11 is 0. The Kier molecular flexibility index (Phi) is 5.19. The maximum atomic E-state index is 11.3. The van der Waals surface area contributed by atoms with E-state index in [1.807, 2.05) is 0 Å². The Morgan fingerprint density at radius 2 is 1.93 bits per heavy atom. The number of carbonyl (C=O) groups is 1. The van der Waals surface area contributed by atoms with E-state index in [1.165, 1.54) is 6.92 Å². The van der Waals surface area contributed by atoms with E-state index in [-0.39, 0.29) is 13.0 Å². The molecule has 0 saturated carbocycles. The summed E-state index contributed by atoms with van der Waals surface area (Å²) in [5.41, 5.74) is -1.45. The molecule has 0 saturated heterocycles. The van der Waals surface area contributed by atoms with Gasteiger partial charge in [0, 0.05) is 6.54 Å². The first-order valence-corrected chi connectivity index (χ1v) is 6.27. The summed E-state index contributed by atoms with van der Waals surface area (Å²) in [5.74, 6) is -1.18. The van der Waals surface area contributed by atoms with Gasteiger partial charge in [-0.3, -0.25) is 4.79 Å². The fourth-order valence-corrected chi connectivity index (χ4v) is 2.46. The lowest BCUT2D eigenvalue weighted by molar-refractivity contribution is -0.143. The van der Waals surface area contributed by atoms with E-state index in [9.17, 15) is 13.2 Å². The summed E-state index contributed by atoms with van der Waals surface area (Å²) in [5, 5.41) is 8.94. The third-order valence-electron chi connectivity index (χ3n) is 1.92. The van der Waals surface area contributed by atoms with Crippen molar-refractivity contribution in [3.8, 4) is 0 Å². The van der Waals surface area contributed by atoms with Crippen molar-refractivity contribution in [2.75, 3.05) is 6.54 Å². The zero-order chi connectivity index (χ0) is 12.1. The minimum absolute atomic E-state index is 0.219. The SMILES string of the molecule is CCCC(C)(NS(=O)(=O)NCC)C(=O)O. The zero-order valence-corrected chi connectivity index (χ0v) is 10.0. The van der Waals surface area contributed by atoms with Gasteiger partial charge >= 0.3 is 5.97 Å². The predicted octanol–water partition coefficient (Wildman–Crippen LogP) is 0.0737. The van der Waals surface area contributed by atoms with E-state index in [0.29, 0.717) is 6.42 Å². The molecule has 0 aliphatic carbocycles. The molecular formula is C8H18N2O4S. The number of rotatable bonds is 7. The molecule has 0 aromatic rings. The molecule has 90 valence electrons. The smallest absolute Gasteiger partial charge is 0.324 e. The summed E-state index contributed by atoms with van der Waals surface area (Å²) in [4.78, 5) is 10.9. The molecule has 0 bridgehead atoms. The van der Waals surface area contributed by atoms with Crippen molar-refractivity contribution in [1.29, 1.82) is 0 Å². The lowest BCUT2D eigenvalue weighted by Crippen LogP contribution is -2.55. The Balaban J connectivity index is 4.76. The molecule has 3 N–H and O–H groups in total. The first-order chi connectivity index (χ1) is 6.77. The molecule has 0 aliphatic heterocycles. The highest BCUT2D eigenvalue weighted by atomic mass is 32.2. The van der Waals surface area contributed by atoms with E-state index in [2.05, 4.69) is 9.44 Å². The van der Waals surface area contributed by atoms with Gasteiger partial charge in [-0.1, -0.05) is 20.3 Å². The average Bonchev–Trinajstić information content (AvgIpc) is 2.02. The fraction of sp³-hybridized carbons (Fsp3) is 0.875. The van der Waals surface area contributed by atoms with Gasteiger partial charge < -0.3 is 5.11 Å². The molecule has 0 heterocycles. The zero-order valence-electron chi connectivity index (χ0n) is 9.20. The molecule has 7 heteroatoms. The number of nitrogens with one attached hydrogen (secondary N) is 2. The standard InChI is InChI=1S/C8H18N2O4S/c1-4-6-8(3,7(11)12)10-15(13,14)9-5-2/h9-10H,4-6H2,1-3H3,(H,11,12). The third kappa shape index (κ3) is 4.59. The summed E-state index contributed by atoms with van der Waals surface area (Å²) in [6.07, 6.45) is 0.824. The van der Waals surface area contributed by atoms with Crippen LogP contribution in [0.3, 0.4) is 0 Å². The quantitative estimate of drug-likeness (QED) is 0.585. The van der Waals surface area contributed by atoms with E-state index in [4.69, 9.17) is 5.11 Å². The lowest BCUT2D eigenvalue weighted by atomic mass is 9.98. The molecular weight excluding hydrogens is 220 g/mol. The van der Waals surface area contributed by atoms with E-state index >= 15 is 0 Å². The fourth-order valence-electron chi connectivity index (χ4n) is 1.22. The number of carboxylic acids is 1. The van der Waals surface area contributed by atoms with Crippen LogP contribution in [-0.2, 0) is 15.0 Å². The maximum absolute atomic E-state index is 11.3. The average molecular weight is 238 g/mol. The highest BCUT2D eigenvalue weighted by molar-refractivity contribution is 7.87. The molecule has 0 spiro atoms. The van der Waals surface area contributed by atoms with Gasteiger partial charge in [-0.2, -0.15) is 13.1 Å². The number of carboxylic acid groups (broad SMARTS) is 1. The Bertz CT molecular complexity index is 315. The van der Waals surface area contributed by atoms with Crippen LogP contribution in [0.15, 0.2) is 0 Å². The van der Waals surface area contributed by atoms with Crippen LogP contribution in [0, 0.1) is 0 Å². The maximum Gasteiger partial charge on any atom is 0.324 e. The van der Waals surface area contributed by atoms with E-state index in [0.717, 1.165) is 0 Å². The van der Waals surface area contributed by atoms with Crippen molar-refractivity contribution in [3.05, 3.63) is 0 Å². The van der Waals surface area contributed by atoms with Gasteiger partial charge in [0.25, 0.3) is 10.2 Å². The molecule has 0 aromatic heterocycles. The van der Waals surface area contributed by atoms with Gasteiger partial charge in [0.05, 0.1) is 0 Å². The van der Waals surface area contributed by atoms with Gasteiger partial charge in [0.1, 0.15) is 5.54 Å². The van der Waals surface area contributed by atoms with E-state index in [1.54, 1.807) is 13.8 Å². The first kappa shape index (κ1) is 14.3. The normalized spacial score (nSPS) is 15.9. The largest absolute Gasteiger partial charge is 0.480 e.